The molecule has 2 unspecified atom stereocenters. The highest BCUT2D eigenvalue weighted by Gasteiger charge is 2.27. The van der Waals surface area contributed by atoms with Gasteiger partial charge in [-0.3, -0.25) is 0 Å². The van der Waals surface area contributed by atoms with Gasteiger partial charge in [0.05, 0.1) is 0 Å². The van der Waals surface area contributed by atoms with Crippen LogP contribution < -0.4 is 0 Å². The van der Waals surface area contributed by atoms with Crippen LogP contribution >= 0.6 is 0 Å². The number of hydrogen-bond acceptors (Lipinski definition) is 3. The molecule has 0 radical (unpaired) electrons. The van der Waals surface area contributed by atoms with Crippen LogP contribution in [-0.2, 0) is 0 Å². The van der Waals surface area contributed by atoms with Gasteiger partial charge in [-0.1, -0.05) is 13.8 Å². The molecule has 0 aliphatic carbocycles. The average Bonchev–Trinajstić information content (AvgIpc) is 2.59. The molecule has 1 aliphatic heterocycles. The highest BCUT2D eigenvalue weighted by molar-refractivity contribution is 4.81. The molecule has 0 amide bonds. The Balaban J connectivity index is 0.000000791. The van der Waals surface area contributed by atoms with Crippen LogP contribution in [0, 0.1) is 5.92 Å². The zero-order valence-corrected chi connectivity index (χ0v) is 9.74. The zero-order chi connectivity index (χ0) is 11.0. The molecule has 14 heavy (non-hydrogen) atoms. The normalized spacial score (nSPS) is 27.2. The standard InChI is InChI=1S/C9H19NO2.C2H6/c1-8-5-9(7-12)6-10(8)3-2-4-11;1-2/h8-9,11-12H,2-7H2,1H3;1-2H3. The van der Waals surface area contributed by atoms with E-state index in [-0.39, 0.29) is 6.61 Å². The second-order valence-corrected chi connectivity index (χ2v) is 3.71. The quantitative estimate of drug-likeness (QED) is 0.719. The van der Waals surface area contributed by atoms with Crippen molar-refractivity contribution in [2.24, 2.45) is 5.92 Å². The number of hydrogen-bond donors (Lipinski definition) is 2. The number of aliphatic hydroxyl groups is 2. The Hall–Kier alpha value is -0.120. The molecular formula is C11H25NO2. The van der Waals surface area contributed by atoms with E-state index in [1.807, 2.05) is 13.8 Å². The molecule has 1 heterocycles. The third kappa shape index (κ3) is 4.40. The lowest BCUT2D eigenvalue weighted by Gasteiger charge is -2.19. The van der Waals surface area contributed by atoms with Gasteiger partial charge in [0, 0.05) is 32.3 Å². The first kappa shape index (κ1) is 13.9. The van der Waals surface area contributed by atoms with Crippen LogP contribution in [-0.4, -0.2) is 47.5 Å². The van der Waals surface area contributed by atoms with Crippen molar-refractivity contribution in [3.05, 3.63) is 0 Å². The average molecular weight is 203 g/mol. The van der Waals surface area contributed by atoms with E-state index in [1.165, 1.54) is 0 Å². The summed E-state index contributed by atoms with van der Waals surface area (Å²) in [5.41, 5.74) is 0. The number of aliphatic hydroxyl groups excluding tert-OH is 2. The number of nitrogens with zero attached hydrogens (tertiary/aromatic N) is 1. The van der Waals surface area contributed by atoms with Gasteiger partial charge in [-0.15, -0.1) is 0 Å². The van der Waals surface area contributed by atoms with Crippen molar-refractivity contribution >= 4 is 0 Å². The van der Waals surface area contributed by atoms with Gasteiger partial charge in [-0.2, -0.15) is 0 Å². The molecule has 0 spiro atoms. The van der Waals surface area contributed by atoms with E-state index >= 15 is 0 Å². The molecule has 0 aromatic heterocycles. The van der Waals surface area contributed by atoms with Crippen molar-refractivity contribution in [1.82, 2.24) is 4.90 Å². The fourth-order valence-corrected chi connectivity index (χ4v) is 1.94. The number of likely N-dealkylation sites (tertiary alicyclic amines) is 1. The van der Waals surface area contributed by atoms with Gasteiger partial charge in [0.1, 0.15) is 0 Å². The molecule has 86 valence electrons. The van der Waals surface area contributed by atoms with E-state index in [0.29, 0.717) is 18.6 Å². The second-order valence-electron chi connectivity index (χ2n) is 3.71. The third-order valence-corrected chi connectivity index (χ3v) is 2.65. The first-order valence-electron chi connectivity index (χ1n) is 5.73. The van der Waals surface area contributed by atoms with Crippen LogP contribution in [0.15, 0.2) is 0 Å². The van der Waals surface area contributed by atoms with E-state index < -0.39 is 0 Å². The van der Waals surface area contributed by atoms with Gasteiger partial charge in [0.15, 0.2) is 0 Å². The minimum Gasteiger partial charge on any atom is -0.396 e. The first-order chi connectivity index (χ1) is 6.77. The molecule has 2 N–H and O–H groups in total. The van der Waals surface area contributed by atoms with Gasteiger partial charge in [-0.25, -0.2) is 0 Å². The minimum atomic E-state index is 0.271. The van der Waals surface area contributed by atoms with Crippen LogP contribution in [0.1, 0.15) is 33.6 Å². The summed E-state index contributed by atoms with van der Waals surface area (Å²) in [5.74, 6) is 0.457. The second kappa shape index (κ2) is 8.21. The van der Waals surface area contributed by atoms with Crippen LogP contribution in [0.2, 0.25) is 0 Å². The molecular weight excluding hydrogens is 178 g/mol. The SMILES string of the molecule is CC.CC1CC(CO)CN1CCCO. The lowest BCUT2D eigenvalue weighted by atomic mass is 10.1. The summed E-state index contributed by atoms with van der Waals surface area (Å²) in [7, 11) is 0. The van der Waals surface area contributed by atoms with Crippen molar-refractivity contribution in [2.45, 2.75) is 39.7 Å². The maximum Gasteiger partial charge on any atom is 0.0472 e. The first-order valence-corrected chi connectivity index (χ1v) is 5.73. The number of rotatable bonds is 4. The Bertz CT molecular complexity index is 130. The van der Waals surface area contributed by atoms with Gasteiger partial charge in [0.2, 0.25) is 0 Å². The van der Waals surface area contributed by atoms with Crippen LogP contribution in [0.25, 0.3) is 0 Å². The summed E-state index contributed by atoms with van der Waals surface area (Å²) >= 11 is 0. The molecule has 0 aromatic rings. The molecule has 1 rings (SSSR count). The molecule has 2 atom stereocenters. The van der Waals surface area contributed by atoms with Crippen LogP contribution in [0.5, 0.6) is 0 Å². The summed E-state index contributed by atoms with van der Waals surface area (Å²) in [6, 6.07) is 0.577. The smallest absolute Gasteiger partial charge is 0.0472 e. The van der Waals surface area contributed by atoms with Crippen molar-refractivity contribution in [3.8, 4) is 0 Å². The summed E-state index contributed by atoms with van der Waals surface area (Å²) in [6.07, 6.45) is 1.95. The van der Waals surface area contributed by atoms with Gasteiger partial charge >= 0.3 is 0 Å². The van der Waals surface area contributed by atoms with Crippen molar-refractivity contribution in [3.63, 3.8) is 0 Å². The summed E-state index contributed by atoms with van der Waals surface area (Å²) in [5, 5.41) is 17.6. The predicted octanol–water partition coefficient (Wildman–Crippen LogP) is 1.10. The third-order valence-electron chi connectivity index (χ3n) is 2.65. The lowest BCUT2D eigenvalue weighted by Crippen LogP contribution is -2.29. The van der Waals surface area contributed by atoms with Gasteiger partial charge in [-0.05, 0) is 25.7 Å². The van der Waals surface area contributed by atoms with Crippen LogP contribution in [0.4, 0.5) is 0 Å². The van der Waals surface area contributed by atoms with E-state index in [1.54, 1.807) is 0 Å². The van der Waals surface area contributed by atoms with Crippen molar-refractivity contribution < 1.29 is 10.2 Å². The largest absolute Gasteiger partial charge is 0.396 e. The lowest BCUT2D eigenvalue weighted by molar-refractivity contribution is 0.202. The molecule has 3 heteroatoms. The monoisotopic (exact) mass is 203 g/mol. The Morgan fingerprint density at radius 2 is 1.93 bits per heavy atom. The molecule has 1 aliphatic rings. The maximum absolute atomic E-state index is 8.95. The molecule has 0 saturated carbocycles. The molecule has 0 aromatic carbocycles. The highest BCUT2D eigenvalue weighted by Crippen LogP contribution is 2.22. The molecule has 0 bridgehead atoms. The summed E-state index contributed by atoms with van der Waals surface area (Å²) in [4.78, 5) is 2.34. The van der Waals surface area contributed by atoms with Gasteiger partial charge in [0.25, 0.3) is 0 Å². The van der Waals surface area contributed by atoms with Crippen molar-refractivity contribution in [1.29, 1.82) is 0 Å². The molecule has 1 saturated heterocycles. The summed E-state index contributed by atoms with van der Waals surface area (Å²) in [6.45, 7) is 8.73. The fourth-order valence-electron chi connectivity index (χ4n) is 1.94. The van der Waals surface area contributed by atoms with E-state index in [0.717, 1.165) is 25.9 Å². The Labute approximate surface area is 87.7 Å². The summed E-state index contributed by atoms with van der Waals surface area (Å²) < 4.78 is 0. The topological polar surface area (TPSA) is 43.7 Å². The zero-order valence-electron chi connectivity index (χ0n) is 9.74. The maximum atomic E-state index is 8.95. The highest BCUT2D eigenvalue weighted by atomic mass is 16.3. The molecule has 3 nitrogen and oxygen atoms in total. The van der Waals surface area contributed by atoms with E-state index in [2.05, 4.69) is 11.8 Å². The Morgan fingerprint density at radius 3 is 2.36 bits per heavy atom. The fraction of sp³-hybridized carbons (Fsp3) is 1.00. The Kier molecular flexibility index (Phi) is 8.14. The van der Waals surface area contributed by atoms with E-state index in [9.17, 15) is 0 Å². The van der Waals surface area contributed by atoms with Gasteiger partial charge < -0.3 is 15.1 Å². The Morgan fingerprint density at radius 1 is 1.29 bits per heavy atom. The van der Waals surface area contributed by atoms with Crippen molar-refractivity contribution in [2.75, 3.05) is 26.3 Å². The van der Waals surface area contributed by atoms with Crippen LogP contribution in [0.3, 0.4) is 0 Å². The van der Waals surface area contributed by atoms with E-state index in [4.69, 9.17) is 10.2 Å². The predicted molar refractivity (Wildman–Crippen MR) is 59.3 cm³/mol. The minimum absolute atomic E-state index is 0.271. The molecule has 1 fully saturated rings.